The number of aryl methyl sites for hydroxylation is 2. The van der Waals surface area contributed by atoms with Gasteiger partial charge in [0.2, 0.25) is 0 Å². The van der Waals surface area contributed by atoms with Gasteiger partial charge in [-0.3, -0.25) is 0 Å². The number of H-pyrrole nitrogens is 1. The van der Waals surface area contributed by atoms with E-state index in [1.54, 1.807) is 42.6 Å². The summed E-state index contributed by atoms with van der Waals surface area (Å²) in [5.74, 6) is 1.54. The zero-order valence-electron chi connectivity index (χ0n) is 19.5. The molecule has 0 spiro atoms. The molecule has 0 radical (unpaired) electrons. The number of aromatic amines is 1. The molecule has 4 heterocycles. The van der Waals surface area contributed by atoms with Gasteiger partial charge in [0.25, 0.3) is 0 Å². The van der Waals surface area contributed by atoms with Crippen molar-refractivity contribution >= 4 is 55.3 Å². The van der Waals surface area contributed by atoms with Crippen LogP contribution in [0.3, 0.4) is 0 Å². The summed E-state index contributed by atoms with van der Waals surface area (Å²) in [4.78, 5) is 22.0. The molecule has 4 aromatic heterocycles. The van der Waals surface area contributed by atoms with Gasteiger partial charge in [-0.05, 0) is 44.2 Å². The highest BCUT2D eigenvalue weighted by Gasteiger charge is 2.19. The maximum absolute atomic E-state index is 12.7. The fraction of sp³-hybridized carbons (Fsp3) is 0.125. The second-order valence-electron chi connectivity index (χ2n) is 8.10. The van der Waals surface area contributed by atoms with Gasteiger partial charge in [0, 0.05) is 29.0 Å². The van der Waals surface area contributed by atoms with Gasteiger partial charge in [0.1, 0.15) is 39.7 Å². The van der Waals surface area contributed by atoms with E-state index in [0.29, 0.717) is 40.0 Å². The van der Waals surface area contributed by atoms with Crippen molar-refractivity contribution in [2.45, 2.75) is 18.7 Å². The molecule has 0 fully saturated rings. The molecule has 0 saturated heterocycles. The predicted octanol–water partition coefficient (Wildman–Crippen LogP) is 4.86. The molecular weight excluding hydrogens is 496 g/mol. The van der Waals surface area contributed by atoms with E-state index in [-0.39, 0.29) is 10.6 Å². The van der Waals surface area contributed by atoms with Crippen molar-refractivity contribution in [3.8, 4) is 16.6 Å². The van der Waals surface area contributed by atoms with E-state index in [1.807, 2.05) is 26.0 Å². The number of pyridine rings is 2. The highest BCUT2D eigenvalue weighted by atomic mass is 32.2. The molecule has 0 amide bonds. The van der Waals surface area contributed by atoms with Crippen LogP contribution in [0.4, 0.5) is 23.0 Å². The van der Waals surface area contributed by atoms with Crippen LogP contribution >= 0.6 is 11.3 Å². The number of nitrogens with one attached hydrogen (secondary N) is 3. The molecule has 36 heavy (non-hydrogen) atoms. The number of aromatic nitrogens is 5. The number of rotatable bonds is 6. The summed E-state index contributed by atoms with van der Waals surface area (Å²) in [6.45, 7) is 3.76. The summed E-state index contributed by atoms with van der Waals surface area (Å²) in [5, 5.41) is 16.2. The third-order valence-corrected chi connectivity index (χ3v) is 7.31. The highest BCUT2D eigenvalue weighted by molar-refractivity contribution is 7.90. The van der Waals surface area contributed by atoms with Gasteiger partial charge >= 0.3 is 0 Å². The number of hydrogen-bond donors (Lipinski definition) is 3. The highest BCUT2D eigenvalue weighted by Crippen LogP contribution is 2.34. The second kappa shape index (κ2) is 9.03. The smallest absolute Gasteiger partial charge is 0.177 e. The van der Waals surface area contributed by atoms with Gasteiger partial charge in [0.15, 0.2) is 15.5 Å². The quantitative estimate of drug-likeness (QED) is 0.288. The Morgan fingerprint density at radius 1 is 1.00 bits per heavy atom. The maximum Gasteiger partial charge on any atom is 0.177 e. The lowest BCUT2D eigenvalue weighted by atomic mass is 10.2. The molecule has 5 aromatic rings. The van der Waals surface area contributed by atoms with Crippen molar-refractivity contribution in [3.63, 3.8) is 0 Å². The number of imidazole rings is 1. The molecule has 0 aliphatic carbocycles. The lowest BCUT2D eigenvalue weighted by molar-refractivity contribution is 0.602. The Labute approximate surface area is 211 Å². The zero-order chi connectivity index (χ0) is 25.4. The first kappa shape index (κ1) is 23.4. The van der Waals surface area contributed by atoms with E-state index in [1.165, 1.54) is 17.6 Å². The first-order valence-corrected chi connectivity index (χ1v) is 13.5. The number of thiazole rings is 1. The zero-order valence-corrected chi connectivity index (χ0v) is 21.1. The van der Waals surface area contributed by atoms with Gasteiger partial charge in [-0.25, -0.2) is 28.4 Å². The summed E-state index contributed by atoms with van der Waals surface area (Å²) in [6, 6.07) is 14.0. The van der Waals surface area contributed by atoms with Crippen LogP contribution in [0, 0.1) is 25.2 Å². The van der Waals surface area contributed by atoms with E-state index in [2.05, 4.69) is 35.6 Å². The minimum absolute atomic E-state index is 0.142. The summed E-state index contributed by atoms with van der Waals surface area (Å²) >= 11 is 1.50. The molecule has 0 aliphatic rings. The van der Waals surface area contributed by atoms with E-state index in [9.17, 15) is 8.42 Å². The van der Waals surface area contributed by atoms with Crippen molar-refractivity contribution in [3.05, 3.63) is 65.1 Å². The molecule has 5 rings (SSSR count). The minimum atomic E-state index is -3.58. The van der Waals surface area contributed by atoms with Gasteiger partial charge in [-0.15, -0.1) is 11.3 Å². The number of hydrogen-bond acceptors (Lipinski definition) is 10. The van der Waals surface area contributed by atoms with Crippen molar-refractivity contribution in [2.75, 3.05) is 16.9 Å². The number of anilines is 4. The topological polar surface area (TPSA) is 149 Å². The number of nitrogens with zero attached hydrogens (tertiary/aromatic N) is 5. The van der Waals surface area contributed by atoms with Crippen molar-refractivity contribution < 1.29 is 8.42 Å². The van der Waals surface area contributed by atoms with Gasteiger partial charge in [-0.1, -0.05) is 6.07 Å². The van der Waals surface area contributed by atoms with Crippen LogP contribution in [0.1, 0.15) is 16.4 Å². The molecule has 0 unspecified atom stereocenters. The minimum Gasteiger partial charge on any atom is -0.352 e. The Bertz CT molecular complexity index is 1770. The average molecular weight is 517 g/mol. The maximum atomic E-state index is 12.7. The number of nitriles is 1. The summed E-state index contributed by atoms with van der Waals surface area (Å²) in [6.07, 6.45) is 2.93. The Kier molecular flexibility index (Phi) is 5.87. The second-order valence-corrected chi connectivity index (χ2v) is 11.3. The van der Waals surface area contributed by atoms with Gasteiger partial charge in [0.05, 0.1) is 16.3 Å². The number of benzene rings is 1. The summed E-state index contributed by atoms with van der Waals surface area (Å²) in [5.41, 5.74) is 3.00. The standard InChI is InChI=1S/C24H20N8O2S2/c1-13-12-26-24(35-13)15-7-8-17(19(9-15)36(3,33)34)30-18-10-21(32-23-22(18)27-14(2)28-23)31-20-6-4-5-16(11-25)29-20/h4-10,12H,1-3H3,(H3,27,28,29,30,31,32). The lowest BCUT2D eigenvalue weighted by Crippen LogP contribution is -2.05. The molecule has 0 bridgehead atoms. The van der Waals surface area contributed by atoms with Gasteiger partial charge in [-0.2, -0.15) is 5.26 Å². The molecule has 10 nitrogen and oxygen atoms in total. The van der Waals surface area contributed by atoms with Crippen molar-refractivity contribution in [1.82, 2.24) is 24.9 Å². The first-order chi connectivity index (χ1) is 17.2. The molecule has 3 N–H and O–H groups in total. The fourth-order valence-electron chi connectivity index (χ4n) is 3.66. The van der Waals surface area contributed by atoms with E-state index in [4.69, 9.17) is 5.26 Å². The Balaban J connectivity index is 1.58. The molecule has 0 saturated carbocycles. The van der Waals surface area contributed by atoms with Crippen LogP contribution in [0.25, 0.3) is 21.7 Å². The van der Waals surface area contributed by atoms with Crippen LogP contribution in [0.15, 0.2) is 53.6 Å². The SMILES string of the molecule is Cc1nc2c(Nc3ccc(-c4ncc(C)s4)cc3S(C)(=O)=O)cc(Nc3cccc(C#N)n3)nc2[nH]1. The van der Waals surface area contributed by atoms with Crippen LogP contribution in [-0.4, -0.2) is 39.6 Å². The Morgan fingerprint density at radius 3 is 2.56 bits per heavy atom. The molecule has 1 aromatic carbocycles. The lowest BCUT2D eigenvalue weighted by Gasteiger charge is -2.14. The first-order valence-electron chi connectivity index (χ1n) is 10.7. The van der Waals surface area contributed by atoms with Crippen LogP contribution in [0.2, 0.25) is 0 Å². The molecule has 0 atom stereocenters. The third kappa shape index (κ3) is 4.74. The third-order valence-electron chi connectivity index (χ3n) is 5.21. The Morgan fingerprint density at radius 2 is 1.83 bits per heavy atom. The van der Waals surface area contributed by atoms with Gasteiger partial charge < -0.3 is 15.6 Å². The number of sulfone groups is 1. The van der Waals surface area contributed by atoms with E-state index >= 15 is 0 Å². The van der Waals surface area contributed by atoms with Crippen molar-refractivity contribution in [2.24, 2.45) is 0 Å². The van der Waals surface area contributed by atoms with E-state index < -0.39 is 9.84 Å². The van der Waals surface area contributed by atoms with Crippen LogP contribution in [-0.2, 0) is 9.84 Å². The van der Waals surface area contributed by atoms with Crippen molar-refractivity contribution in [1.29, 1.82) is 5.26 Å². The van der Waals surface area contributed by atoms with Crippen LogP contribution in [0.5, 0.6) is 0 Å². The Hall–Kier alpha value is -4.34. The summed E-state index contributed by atoms with van der Waals surface area (Å²) in [7, 11) is -3.58. The largest absolute Gasteiger partial charge is 0.352 e. The monoisotopic (exact) mass is 516 g/mol. The molecule has 12 heteroatoms. The molecular formula is C24H20N8O2S2. The van der Waals surface area contributed by atoms with Crippen LogP contribution < -0.4 is 10.6 Å². The fourth-order valence-corrected chi connectivity index (χ4v) is 5.28. The molecule has 0 aliphatic heterocycles. The average Bonchev–Trinajstić information content (AvgIpc) is 3.43. The molecule has 180 valence electrons. The summed E-state index contributed by atoms with van der Waals surface area (Å²) < 4.78 is 25.5. The number of fused-ring (bicyclic) bond motifs is 1. The normalized spacial score (nSPS) is 11.4. The van der Waals surface area contributed by atoms with E-state index in [0.717, 1.165) is 15.4 Å². The predicted molar refractivity (Wildman–Crippen MR) is 140 cm³/mol.